The average molecular weight is 247 g/mol. The molecule has 3 nitrogen and oxygen atoms in total. The van der Waals surface area contributed by atoms with E-state index in [0.717, 1.165) is 5.69 Å². The predicted octanol–water partition coefficient (Wildman–Crippen LogP) is 2.51. The summed E-state index contributed by atoms with van der Waals surface area (Å²) >= 11 is 0. The summed E-state index contributed by atoms with van der Waals surface area (Å²) in [7, 11) is 1.76. The van der Waals surface area contributed by atoms with Gasteiger partial charge in [0.05, 0.1) is 12.2 Å². The van der Waals surface area contributed by atoms with Gasteiger partial charge in [0.1, 0.15) is 0 Å². The van der Waals surface area contributed by atoms with Crippen LogP contribution in [0.25, 0.3) is 0 Å². The number of aromatic nitrogens is 1. The molecule has 0 fully saturated rings. The number of nitrogens with zero attached hydrogens (tertiary/aromatic N) is 2. The molecule has 1 heterocycles. The van der Waals surface area contributed by atoms with Crippen molar-refractivity contribution in [3.8, 4) is 0 Å². The molecule has 0 spiro atoms. The summed E-state index contributed by atoms with van der Waals surface area (Å²) in [6.45, 7) is 1.33. The molecular formula is C11H16F3N3. The van der Waals surface area contributed by atoms with Gasteiger partial charge >= 0.3 is 6.18 Å². The Kier molecular flexibility index (Phi) is 4.74. The minimum Gasteiger partial charge on any atom is -0.388 e. The number of hydrogen-bond donors (Lipinski definition) is 1. The van der Waals surface area contributed by atoms with E-state index in [9.17, 15) is 13.2 Å². The molecule has 0 unspecified atom stereocenters. The van der Waals surface area contributed by atoms with E-state index < -0.39 is 12.7 Å². The first-order chi connectivity index (χ1) is 7.94. The maximum atomic E-state index is 12.3. The molecule has 1 N–H and O–H groups in total. The average Bonchev–Trinajstić information content (AvgIpc) is 2.26. The third kappa shape index (κ3) is 5.04. The number of nitrogens with one attached hydrogen (secondary N) is 1. The summed E-state index contributed by atoms with van der Waals surface area (Å²) in [5, 5.41) is 2.93. The molecule has 0 amide bonds. The van der Waals surface area contributed by atoms with Crippen LogP contribution in [0.15, 0.2) is 18.3 Å². The molecule has 0 radical (unpaired) electrons. The van der Waals surface area contributed by atoms with Gasteiger partial charge in [0.2, 0.25) is 0 Å². The van der Waals surface area contributed by atoms with Crippen molar-refractivity contribution in [2.45, 2.75) is 19.6 Å². The van der Waals surface area contributed by atoms with Gasteiger partial charge < -0.3 is 5.32 Å². The van der Waals surface area contributed by atoms with Crippen LogP contribution in [0.5, 0.6) is 0 Å². The van der Waals surface area contributed by atoms with E-state index in [1.54, 1.807) is 32.3 Å². The van der Waals surface area contributed by atoms with Crippen LogP contribution in [0.2, 0.25) is 0 Å². The van der Waals surface area contributed by atoms with Crippen LogP contribution in [0, 0.1) is 0 Å². The third-order valence-corrected chi connectivity index (χ3v) is 2.34. The van der Waals surface area contributed by atoms with Crippen LogP contribution in [-0.4, -0.2) is 36.2 Å². The highest BCUT2D eigenvalue weighted by atomic mass is 19.4. The van der Waals surface area contributed by atoms with Gasteiger partial charge in [0.25, 0.3) is 0 Å². The fraction of sp³-hybridized carbons (Fsp3) is 0.545. The van der Waals surface area contributed by atoms with Gasteiger partial charge in [0, 0.05) is 25.5 Å². The number of anilines is 1. The Morgan fingerprint density at radius 2 is 2.12 bits per heavy atom. The molecule has 17 heavy (non-hydrogen) atoms. The molecule has 6 heteroatoms. The van der Waals surface area contributed by atoms with Gasteiger partial charge in [-0.05, 0) is 18.7 Å². The molecule has 0 aromatic carbocycles. The summed E-state index contributed by atoms with van der Waals surface area (Å²) in [6.07, 6.45) is -2.58. The van der Waals surface area contributed by atoms with Crippen LogP contribution >= 0.6 is 0 Å². The van der Waals surface area contributed by atoms with Crippen molar-refractivity contribution in [3.63, 3.8) is 0 Å². The lowest BCUT2D eigenvalue weighted by Gasteiger charge is -2.21. The van der Waals surface area contributed by atoms with Crippen LogP contribution in [0.1, 0.15) is 12.6 Å². The molecule has 1 rings (SSSR count). The van der Waals surface area contributed by atoms with Gasteiger partial charge in [-0.3, -0.25) is 9.88 Å². The second kappa shape index (κ2) is 5.86. The summed E-state index contributed by atoms with van der Waals surface area (Å²) in [5.74, 6) is 0. The summed E-state index contributed by atoms with van der Waals surface area (Å²) in [4.78, 5) is 5.36. The van der Waals surface area contributed by atoms with Gasteiger partial charge in [-0.1, -0.05) is 6.92 Å². The van der Waals surface area contributed by atoms with Crippen LogP contribution < -0.4 is 5.32 Å². The number of halogens is 3. The van der Waals surface area contributed by atoms with Gasteiger partial charge in [-0.25, -0.2) is 0 Å². The first kappa shape index (κ1) is 13.8. The van der Waals surface area contributed by atoms with E-state index in [2.05, 4.69) is 10.3 Å². The molecule has 0 atom stereocenters. The molecule has 96 valence electrons. The Morgan fingerprint density at radius 1 is 1.41 bits per heavy atom. The zero-order chi connectivity index (χ0) is 12.9. The number of rotatable bonds is 5. The minimum atomic E-state index is -4.17. The van der Waals surface area contributed by atoms with Gasteiger partial charge in [-0.2, -0.15) is 13.2 Å². The van der Waals surface area contributed by atoms with Gasteiger partial charge in [0.15, 0.2) is 0 Å². The fourth-order valence-corrected chi connectivity index (χ4v) is 1.48. The number of alkyl halides is 3. The molecule has 0 aliphatic heterocycles. The van der Waals surface area contributed by atoms with E-state index in [-0.39, 0.29) is 6.54 Å². The molecule has 1 aromatic rings. The lowest BCUT2D eigenvalue weighted by Crippen LogP contribution is -2.33. The molecule has 0 aliphatic rings. The normalized spacial score (nSPS) is 11.9. The number of hydrogen-bond acceptors (Lipinski definition) is 3. The van der Waals surface area contributed by atoms with Crippen molar-refractivity contribution in [3.05, 3.63) is 24.0 Å². The summed E-state index contributed by atoms with van der Waals surface area (Å²) in [6, 6.07) is 3.52. The Bertz CT molecular complexity index is 352. The Morgan fingerprint density at radius 3 is 2.65 bits per heavy atom. The molecule has 0 saturated carbocycles. The summed E-state index contributed by atoms with van der Waals surface area (Å²) < 4.78 is 36.8. The van der Waals surface area contributed by atoms with Crippen molar-refractivity contribution in [2.24, 2.45) is 0 Å². The second-order valence-electron chi connectivity index (χ2n) is 3.70. The zero-order valence-corrected chi connectivity index (χ0v) is 9.88. The zero-order valence-electron chi connectivity index (χ0n) is 9.88. The predicted molar refractivity (Wildman–Crippen MR) is 60.8 cm³/mol. The van der Waals surface area contributed by atoms with Gasteiger partial charge in [-0.15, -0.1) is 0 Å². The van der Waals surface area contributed by atoms with E-state index >= 15 is 0 Å². The van der Waals surface area contributed by atoms with Crippen molar-refractivity contribution in [1.82, 2.24) is 9.88 Å². The smallest absolute Gasteiger partial charge is 0.388 e. The largest absolute Gasteiger partial charge is 0.401 e. The maximum Gasteiger partial charge on any atom is 0.401 e. The highest BCUT2D eigenvalue weighted by Gasteiger charge is 2.30. The molecule has 0 saturated heterocycles. The lowest BCUT2D eigenvalue weighted by atomic mass is 10.3. The van der Waals surface area contributed by atoms with Crippen LogP contribution in [0.3, 0.4) is 0 Å². The lowest BCUT2D eigenvalue weighted by molar-refractivity contribution is -0.146. The van der Waals surface area contributed by atoms with E-state index in [1.807, 2.05) is 0 Å². The monoisotopic (exact) mass is 247 g/mol. The second-order valence-corrected chi connectivity index (χ2v) is 3.70. The molecule has 1 aromatic heterocycles. The van der Waals surface area contributed by atoms with E-state index in [1.165, 1.54) is 4.90 Å². The third-order valence-electron chi connectivity index (χ3n) is 2.34. The molecule has 0 bridgehead atoms. The first-order valence-corrected chi connectivity index (χ1v) is 5.36. The van der Waals surface area contributed by atoms with Crippen LogP contribution in [0.4, 0.5) is 18.9 Å². The Labute approximate surface area is 98.6 Å². The van der Waals surface area contributed by atoms with Crippen LogP contribution in [-0.2, 0) is 6.54 Å². The highest BCUT2D eigenvalue weighted by Crippen LogP contribution is 2.18. The molecule has 0 aliphatic carbocycles. The van der Waals surface area contributed by atoms with E-state index in [0.29, 0.717) is 12.2 Å². The van der Waals surface area contributed by atoms with Crippen molar-refractivity contribution >= 4 is 5.69 Å². The highest BCUT2D eigenvalue weighted by molar-refractivity contribution is 5.42. The fourth-order valence-electron chi connectivity index (χ4n) is 1.48. The quantitative estimate of drug-likeness (QED) is 0.866. The first-order valence-electron chi connectivity index (χ1n) is 5.36. The minimum absolute atomic E-state index is 0.200. The van der Waals surface area contributed by atoms with E-state index in [4.69, 9.17) is 0 Å². The summed E-state index contributed by atoms with van der Waals surface area (Å²) in [5.41, 5.74) is 1.47. The van der Waals surface area contributed by atoms with Crippen molar-refractivity contribution in [2.75, 3.05) is 25.5 Å². The topological polar surface area (TPSA) is 28.2 Å². The molecular weight excluding hydrogens is 231 g/mol. The Balaban J connectivity index is 2.67. The van der Waals surface area contributed by atoms with Crippen molar-refractivity contribution < 1.29 is 13.2 Å². The SMILES string of the molecule is CCN(Cc1cc(NC)ccn1)CC(F)(F)F. The standard InChI is InChI=1S/C11H16F3N3/c1-3-17(8-11(12,13)14)7-10-6-9(15-2)4-5-16-10/h4-6H,3,7-8H2,1-2H3,(H,15,16). The maximum absolute atomic E-state index is 12.3. The van der Waals surface area contributed by atoms with Crippen molar-refractivity contribution in [1.29, 1.82) is 0 Å². The number of pyridine rings is 1. The Hall–Kier alpha value is -1.30.